The fourth-order valence-electron chi connectivity index (χ4n) is 2.91. The van der Waals surface area contributed by atoms with Crippen molar-refractivity contribution in [3.8, 4) is 11.5 Å². The molecule has 1 aliphatic heterocycles. The van der Waals surface area contributed by atoms with Crippen molar-refractivity contribution in [1.29, 1.82) is 0 Å². The SMILES string of the molecule is COc1ccc(CN(CS(=O)(=O)c2ccccc2)C(=O)[C@@H]2O[C@@H]2C)c(OC)c1. The number of benzene rings is 2. The largest absolute Gasteiger partial charge is 0.497 e. The number of epoxide rings is 1. The number of ether oxygens (including phenoxy) is 3. The predicted octanol–water partition coefficient (Wildman–Crippen LogP) is 2.25. The van der Waals surface area contributed by atoms with Crippen molar-refractivity contribution in [3.63, 3.8) is 0 Å². The van der Waals surface area contributed by atoms with E-state index in [0.29, 0.717) is 17.1 Å². The van der Waals surface area contributed by atoms with E-state index in [1.165, 1.54) is 24.1 Å². The van der Waals surface area contributed by atoms with Crippen LogP contribution in [0.4, 0.5) is 0 Å². The molecule has 0 unspecified atom stereocenters. The standard InChI is InChI=1S/C20H23NO6S/c1-14-19(27-14)20(22)21(13-28(23,24)17-7-5-4-6-8-17)12-15-9-10-16(25-2)11-18(15)26-3/h4-11,14,19H,12-13H2,1-3H3/t14-,19-/m1/s1. The molecular weight excluding hydrogens is 382 g/mol. The second-order valence-corrected chi connectivity index (χ2v) is 8.49. The van der Waals surface area contributed by atoms with Gasteiger partial charge in [0.05, 0.1) is 31.8 Å². The molecule has 28 heavy (non-hydrogen) atoms. The molecule has 7 nitrogen and oxygen atoms in total. The average molecular weight is 405 g/mol. The summed E-state index contributed by atoms with van der Waals surface area (Å²) in [5, 5.41) is 0. The van der Waals surface area contributed by atoms with Crippen molar-refractivity contribution < 1.29 is 27.4 Å². The van der Waals surface area contributed by atoms with Gasteiger partial charge < -0.3 is 19.1 Å². The molecule has 2 aromatic carbocycles. The van der Waals surface area contributed by atoms with Crippen LogP contribution < -0.4 is 9.47 Å². The van der Waals surface area contributed by atoms with Gasteiger partial charge in [0.25, 0.3) is 5.91 Å². The molecule has 3 rings (SSSR count). The molecule has 1 amide bonds. The van der Waals surface area contributed by atoms with E-state index in [9.17, 15) is 13.2 Å². The van der Waals surface area contributed by atoms with Gasteiger partial charge in [-0.05, 0) is 31.2 Å². The lowest BCUT2D eigenvalue weighted by Crippen LogP contribution is -2.38. The number of nitrogens with zero attached hydrogens (tertiary/aromatic N) is 1. The summed E-state index contributed by atoms with van der Waals surface area (Å²) in [7, 11) is -0.641. The highest BCUT2D eigenvalue weighted by atomic mass is 32.2. The third-order valence-electron chi connectivity index (χ3n) is 4.55. The van der Waals surface area contributed by atoms with Crippen LogP contribution in [0.25, 0.3) is 0 Å². The Morgan fingerprint density at radius 1 is 1.11 bits per heavy atom. The van der Waals surface area contributed by atoms with Gasteiger partial charge in [-0.15, -0.1) is 0 Å². The van der Waals surface area contributed by atoms with Crippen molar-refractivity contribution in [2.45, 2.75) is 30.6 Å². The molecule has 0 bridgehead atoms. The Hall–Kier alpha value is -2.58. The molecule has 8 heteroatoms. The van der Waals surface area contributed by atoms with Crippen molar-refractivity contribution in [2.24, 2.45) is 0 Å². The van der Waals surface area contributed by atoms with Crippen molar-refractivity contribution in [1.82, 2.24) is 4.90 Å². The Bertz CT molecular complexity index is 944. The van der Waals surface area contributed by atoms with Gasteiger partial charge in [0, 0.05) is 11.6 Å². The highest BCUT2D eigenvalue weighted by molar-refractivity contribution is 7.91. The summed E-state index contributed by atoms with van der Waals surface area (Å²) in [6.07, 6.45) is -0.831. The minimum absolute atomic E-state index is 0.0741. The smallest absolute Gasteiger partial charge is 0.255 e. The van der Waals surface area contributed by atoms with Gasteiger partial charge >= 0.3 is 0 Å². The van der Waals surface area contributed by atoms with Gasteiger partial charge in [-0.1, -0.05) is 18.2 Å². The van der Waals surface area contributed by atoms with Crippen LogP contribution in [-0.2, 0) is 25.9 Å². The molecule has 0 spiro atoms. The van der Waals surface area contributed by atoms with E-state index in [1.54, 1.807) is 50.4 Å². The third-order valence-corrected chi connectivity index (χ3v) is 6.19. The number of hydrogen-bond acceptors (Lipinski definition) is 6. The zero-order valence-corrected chi connectivity index (χ0v) is 16.8. The Balaban J connectivity index is 1.89. The number of hydrogen-bond donors (Lipinski definition) is 0. The number of sulfone groups is 1. The van der Waals surface area contributed by atoms with Crippen LogP contribution in [-0.4, -0.2) is 51.5 Å². The van der Waals surface area contributed by atoms with Crippen LogP contribution >= 0.6 is 0 Å². The van der Waals surface area contributed by atoms with Gasteiger partial charge in [0.15, 0.2) is 15.9 Å². The number of methoxy groups -OCH3 is 2. The van der Waals surface area contributed by atoms with Gasteiger partial charge in [0.1, 0.15) is 17.4 Å². The molecule has 1 saturated heterocycles. The van der Waals surface area contributed by atoms with E-state index in [2.05, 4.69) is 0 Å². The van der Waals surface area contributed by atoms with Crippen LogP contribution in [0, 0.1) is 0 Å². The normalized spacial score (nSPS) is 18.4. The predicted molar refractivity (Wildman–Crippen MR) is 103 cm³/mol. The fraction of sp³-hybridized carbons (Fsp3) is 0.350. The second-order valence-electron chi connectivity index (χ2n) is 6.53. The second kappa shape index (κ2) is 8.20. The topological polar surface area (TPSA) is 85.4 Å². The van der Waals surface area contributed by atoms with Gasteiger partial charge in [0.2, 0.25) is 0 Å². The van der Waals surface area contributed by atoms with Crippen LogP contribution in [0.1, 0.15) is 12.5 Å². The summed E-state index contributed by atoms with van der Waals surface area (Å²) in [6.45, 7) is 1.85. The molecule has 0 radical (unpaired) electrons. The molecule has 0 aliphatic carbocycles. The monoisotopic (exact) mass is 405 g/mol. The van der Waals surface area contributed by atoms with E-state index in [4.69, 9.17) is 14.2 Å². The number of carbonyl (C=O) groups excluding carboxylic acids is 1. The van der Waals surface area contributed by atoms with Crippen LogP contribution in [0.3, 0.4) is 0 Å². The summed E-state index contributed by atoms with van der Waals surface area (Å²) in [6, 6.07) is 13.3. The lowest BCUT2D eigenvalue weighted by atomic mass is 10.1. The van der Waals surface area contributed by atoms with Crippen molar-refractivity contribution in [3.05, 3.63) is 54.1 Å². The average Bonchev–Trinajstić information content (AvgIpc) is 3.44. The van der Waals surface area contributed by atoms with Crippen molar-refractivity contribution >= 4 is 15.7 Å². The zero-order valence-electron chi connectivity index (χ0n) is 16.0. The maximum Gasteiger partial charge on any atom is 0.255 e. The van der Waals surface area contributed by atoms with Gasteiger partial charge in [-0.3, -0.25) is 4.79 Å². The van der Waals surface area contributed by atoms with E-state index in [-0.39, 0.29) is 23.5 Å². The first kappa shape index (κ1) is 20.2. The minimum Gasteiger partial charge on any atom is -0.497 e. The molecular formula is C20H23NO6S. The first-order valence-electron chi connectivity index (χ1n) is 8.78. The van der Waals surface area contributed by atoms with Crippen LogP contribution in [0.2, 0.25) is 0 Å². The molecule has 0 aromatic heterocycles. The summed E-state index contributed by atoms with van der Waals surface area (Å²) in [5.41, 5.74) is 0.674. The van der Waals surface area contributed by atoms with Crippen molar-refractivity contribution in [2.75, 3.05) is 20.1 Å². The highest BCUT2D eigenvalue weighted by Gasteiger charge is 2.44. The Morgan fingerprint density at radius 2 is 1.79 bits per heavy atom. The third kappa shape index (κ3) is 4.45. The fourth-order valence-corrected chi connectivity index (χ4v) is 4.26. The van der Waals surface area contributed by atoms with E-state index in [1.807, 2.05) is 0 Å². The number of amides is 1. The molecule has 1 aliphatic rings. The summed E-state index contributed by atoms with van der Waals surface area (Å²) < 4.78 is 41.5. The maximum atomic E-state index is 12.8. The van der Waals surface area contributed by atoms with Gasteiger partial charge in [-0.25, -0.2) is 8.42 Å². The molecule has 2 atom stereocenters. The molecule has 2 aromatic rings. The first-order valence-corrected chi connectivity index (χ1v) is 10.4. The molecule has 1 fully saturated rings. The molecule has 0 N–H and O–H groups in total. The first-order chi connectivity index (χ1) is 13.4. The summed E-state index contributed by atoms with van der Waals surface area (Å²) in [4.78, 5) is 14.3. The Labute approximate surface area is 164 Å². The molecule has 150 valence electrons. The zero-order chi connectivity index (χ0) is 20.3. The minimum atomic E-state index is -3.70. The van der Waals surface area contributed by atoms with Gasteiger partial charge in [-0.2, -0.15) is 0 Å². The summed E-state index contributed by atoms with van der Waals surface area (Å²) in [5.74, 6) is 0.316. The Kier molecular flexibility index (Phi) is 5.90. The lowest BCUT2D eigenvalue weighted by Gasteiger charge is -2.23. The lowest BCUT2D eigenvalue weighted by molar-refractivity contribution is -0.132. The van der Waals surface area contributed by atoms with Crippen LogP contribution in [0.5, 0.6) is 11.5 Å². The van der Waals surface area contributed by atoms with E-state index < -0.39 is 21.8 Å². The quantitative estimate of drug-likeness (QED) is 0.626. The number of rotatable bonds is 8. The van der Waals surface area contributed by atoms with E-state index in [0.717, 1.165) is 0 Å². The molecule has 0 saturated carbocycles. The Morgan fingerprint density at radius 3 is 2.36 bits per heavy atom. The van der Waals surface area contributed by atoms with E-state index >= 15 is 0 Å². The maximum absolute atomic E-state index is 12.8. The van der Waals surface area contributed by atoms with Crippen LogP contribution in [0.15, 0.2) is 53.4 Å². The molecule has 1 heterocycles. The highest BCUT2D eigenvalue weighted by Crippen LogP contribution is 2.29. The summed E-state index contributed by atoms with van der Waals surface area (Å²) >= 11 is 0. The number of carbonyl (C=O) groups is 1.